The topological polar surface area (TPSA) is 111 Å². The van der Waals surface area contributed by atoms with Gasteiger partial charge >= 0.3 is 0 Å². The van der Waals surface area contributed by atoms with Crippen LogP contribution in [0.25, 0.3) is 21.8 Å². The molecule has 0 bridgehead atoms. The number of nitrogens with zero attached hydrogens (tertiary/aromatic N) is 1. The summed E-state index contributed by atoms with van der Waals surface area (Å²) in [6.45, 7) is 1.48. The summed E-state index contributed by atoms with van der Waals surface area (Å²) < 4.78 is 5.69. The van der Waals surface area contributed by atoms with Crippen LogP contribution in [0, 0.1) is 0 Å². The van der Waals surface area contributed by atoms with Crippen LogP contribution in [0.1, 0.15) is 29.7 Å². The number of Topliss-reactive ketones (excluding diaryl/α,β-unsaturated/α-hetero) is 1. The molecule has 0 radical (unpaired) electrons. The number of aromatic hydroxyl groups is 2. The van der Waals surface area contributed by atoms with Crippen molar-refractivity contribution in [2.24, 2.45) is 4.99 Å². The SMILES string of the molecule is CO[C@@H]1c2c[nH]c3ccc(O)c(c23)C(c2c[nH]c3ccc(O)cc23)=N[C@@H]1C(C)=O. The number of phenolic OH excluding ortho intramolecular Hbond substituents is 2. The van der Waals surface area contributed by atoms with Crippen LogP contribution in [0.15, 0.2) is 47.7 Å². The van der Waals surface area contributed by atoms with E-state index in [0.29, 0.717) is 16.8 Å². The third-order valence-electron chi connectivity index (χ3n) is 5.54. The van der Waals surface area contributed by atoms with E-state index in [9.17, 15) is 15.0 Å². The van der Waals surface area contributed by atoms with Crippen molar-refractivity contribution in [3.05, 3.63) is 59.4 Å². The van der Waals surface area contributed by atoms with Crippen LogP contribution in [0.3, 0.4) is 0 Å². The molecule has 5 rings (SSSR count). The van der Waals surface area contributed by atoms with Crippen molar-refractivity contribution < 1.29 is 19.7 Å². The smallest absolute Gasteiger partial charge is 0.157 e. The van der Waals surface area contributed by atoms with E-state index in [-0.39, 0.29) is 17.3 Å². The largest absolute Gasteiger partial charge is 0.508 e. The first-order valence-corrected chi connectivity index (χ1v) is 9.24. The average Bonchev–Trinajstić information content (AvgIpc) is 3.26. The van der Waals surface area contributed by atoms with Crippen LogP contribution in [0.4, 0.5) is 0 Å². The number of aromatic amines is 2. The molecule has 0 unspecified atom stereocenters. The second-order valence-electron chi connectivity index (χ2n) is 7.25. The van der Waals surface area contributed by atoms with Gasteiger partial charge in [0.05, 0.1) is 11.3 Å². The lowest BCUT2D eigenvalue weighted by atomic mass is 9.95. The molecule has 2 aromatic heterocycles. The van der Waals surface area contributed by atoms with E-state index in [4.69, 9.17) is 9.73 Å². The van der Waals surface area contributed by atoms with Gasteiger partial charge in [-0.15, -0.1) is 0 Å². The van der Waals surface area contributed by atoms with Crippen molar-refractivity contribution in [3.8, 4) is 11.5 Å². The lowest BCUT2D eigenvalue weighted by Crippen LogP contribution is -2.26. The van der Waals surface area contributed by atoms with Crippen molar-refractivity contribution in [1.29, 1.82) is 0 Å². The first-order chi connectivity index (χ1) is 14.0. The summed E-state index contributed by atoms with van der Waals surface area (Å²) in [5, 5.41) is 22.3. The molecular weight excluding hydrogens is 370 g/mol. The number of rotatable bonds is 3. The summed E-state index contributed by atoms with van der Waals surface area (Å²) in [4.78, 5) is 23.7. The van der Waals surface area contributed by atoms with Crippen molar-refractivity contribution in [3.63, 3.8) is 0 Å². The maximum absolute atomic E-state index is 12.5. The predicted octanol–water partition coefficient (Wildman–Crippen LogP) is 3.56. The summed E-state index contributed by atoms with van der Waals surface area (Å²) in [7, 11) is 1.55. The summed E-state index contributed by atoms with van der Waals surface area (Å²) in [5.41, 5.74) is 4.10. The van der Waals surface area contributed by atoms with E-state index in [1.165, 1.54) is 6.92 Å². The molecule has 0 fully saturated rings. The van der Waals surface area contributed by atoms with Gasteiger partial charge in [0.25, 0.3) is 0 Å². The quantitative estimate of drug-likeness (QED) is 0.429. The molecule has 7 heteroatoms. The summed E-state index contributed by atoms with van der Waals surface area (Å²) in [5.74, 6) is 0.0413. The highest BCUT2D eigenvalue weighted by molar-refractivity contribution is 6.26. The Bertz CT molecular complexity index is 1310. The Labute approximate surface area is 165 Å². The van der Waals surface area contributed by atoms with E-state index in [1.54, 1.807) is 49.8 Å². The minimum Gasteiger partial charge on any atom is -0.508 e. The number of nitrogens with one attached hydrogen (secondary N) is 2. The van der Waals surface area contributed by atoms with Gasteiger partial charge < -0.3 is 24.9 Å². The summed E-state index contributed by atoms with van der Waals surface area (Å²) in [6, 6.07) is 7.63. The number of aromatic nitrogens is 2. The van der Waals surface area contributed by atoms with E-state index in [0.717, 1.165) is 27.4 Å². The molecule has 1 aliphatic heterocycles. The van der Waals surface area contributed by atoms with Gasteiger partial charge in [0.1, 0.15) is 23.6 Å². The Morgan fingerprint density at radius 3 is 2.62 bits per heavy atom. The number of fused-ring (bicyclic) bond motifs is 1. The average molecular weight is 389 g/mol. The fourth-order valence-electron chi connectivity index (χ4n) is 4.21. The lowest BCUT2D eigenvalue weighted by Gasteiger charge is -2.19. The lowest BCUT2D eigenvalue weighted by molar-refractivity contribution is -0.121. The third kappa shape index (κ3) is 2.48. The Balaban J connectivity index is 1.91. The molecule has 0 spiro atoms. The zero-order valence-electron chi connectivity index (χ0n) is 15.9. The van der Waals surface area contributed by atoms with Crippen LogP contribution in [0.2, 0.25) is 0 Å². The van der Waals surface area contributed by atoms with Crippen LogP contribution in [-0.4, -0.2) is 44.8 Å². The van der Waals surface area contributed by atoms with Crippen molar-refractivity contribution in [2.75, 3.05) is 7.11 Å². The van der Waals surface area contributed by atoms with Gasteiger partial charge in [-0.05, 0) is 37.3 Å². The molecule has 0 saturated heterocycles. The van der Waals surface area contributed by atoms with Gasteiger partial charge in [-0.25, -0.2) is 0 Å². The monoisotopic (exact) mass is 389 g/mol. The molecule has 0 amide bonds. The van der Waals surface area contributed by atoms with Crippen LogP contribution in [0.5, 0.6) is 11.5 Å². The standard InChI is InChI=1S/C22H19N3O4/c1-10(26)20-22(29-2)14-9-24-16-5-6-17(28)19(18(14)16)21(25-20)13-8-23-15-4-3-11(27)7-12(13)15/h3-9,20,22-24,27-28H,1-2H3/t20-,22-/m1/s1. The van der Waals surface area contributed by atoms with Crippen LogP contribution in [-0.2, 0) is 9.53 Å². The maximum Gasteiger partial charge on any atom is 0.157 e. The predicted molar refractivity (Wildman–Crippen MR) is 110 cm³/mol. The van der Waals surface area contributed by atoms with Crippen molar-refractivity contribution in [1.82, 2.24) is 9.97 Å². The van der Waals surface area contributed by atoms with Crippen LogP contribution < -0.4 is 0 Å². The van der Waals surface area contributed by atoms with Gasteiger partial charge in [-0.1, -0.05) is 0 Å². The highest BCUT2D eigenvalue weighted by atomic mass is 16.5. The number of aliphatic imine (C=N–C) groups is 1. The first kappa shape index (κ1) is 17.5. The molecule has 0 saturated carbocycles. The van der Waals surface area contributed by atoms with E-state index < -0.39 is 12.1 Å². The fraction of sp³-hybridized carbons (Fsp3) is 0.182. The molecule has 7 nitrogen and oxygen atoms in total. The summed E-state index contributed by atoms with van der Waals surface area (Å²) in [6.07, 6.45) is 2.99. The molecule has 146 valence electrons. The van der Waals surface area contributed by atoms with E-state index >= 15 is 0 Å². The zero-order chi connectivity index (χ0) is 20.3. The second kappa shape index (κ2) is 6.22. The number of benzene rings is 2. The molecule has 4 aromatic rings. The second-order valence-corrected chi connectivity index (χ2v) is 7.25. The zero-order valence-corrected chi connectivity index (χ0v) is 15.9. The molecule has 2 aromatic carbocycles. The minimum absolute atomic E-state index is 0.0608. The molecule has 2 atom stereocenters. The van der Waals surface area contributed by atoms with Crippen molar-refractivity contribution >= 4 is 33.3 Å². The number of phenols is 2. The highest BCUT2D eigenvalue weighted by Gasteiger charge is 2.35. The van der Waals surface area contributed by atoms with Gasteiger partial charge in [-0.2, -0.15) is 0 Å². The third-order valence-corrected chi connectivity index (χ3v) is 5.54. The van der Waals surface area contributed by atoms with Gasteiger partial charge in [0.15, 0.2) is 5.78 Å². The van der Waals surface area contributed by atoms with E-state index in [1.807, 2.05) is 0 Å². The maximum atomic E-state index is 12.5. The number of ether oxygens (including phenoxy) is 1. The highest BCUT2D eigenvalue weighted by Crippen LogP contribution is 2.41. The molecular formula is C22H19N3O4. The van der Waals surface area contributed by atoms with Crippen LogP contribution >= 0.6 is 0 Å². The van der Waals surface area contributed by atoms with Crippen molar-refractivity contribution in [2.45, 2.75) is 19.1 Å². The Hall–Kier alpha value is -3.58. The van der Waals surface area contributed by atoms with Gasteiger partial charge in [0.2, 0.25) is 0 Å². The number of H-pyrrole nitrogens is 2. The Morgan fingerprint density at radius 1 is 1.10 bits per heavy atom. The number of hydrogen-bond acceptors (Lipinski definition) is 5. The molecule has 0 aliphatic carbocycles. The number of methoxy groups -OCH3 is 1. The van der Waals surface area contributed by atoms with E-state index in [2.05, 4.69) is 9.97 Å². The minimum atomic E-state index is -0.775. The normalized spacial score (nSPS) is 18.8. The summed E-state index contributed by atoms with van der Waals surface area (Å²) >= 11 is 0. The van der Waals surface area contributed by atoms with Gasteiger partial charge in [0, 0.05) is 52.4 Å². The number of carbonyl (C=O) groups is 1. The Kier molecular flexibility index (Phi) is 3.75. The Morgan fingerprint density at radius 2 is 1.86 bits per heavy atom. The molecule has 1 aliphatic rings. The molecule has 3 heterocycles. The molecule has 29 heavy (non-hydrogen) atoms. The number of ketones is 1. The number of carbonyl (C=O) groups excluding carboxylic acids is 1. The van der Waals surface area contributed by atoms with Gasteiger partial charge in [-0.3, -0.25) is 9.79 Å². The first-order valence-electron chi connectivity index (χ1n) is 9.24. The fourth-order valence-corrected chi connectivity index (χ4v) is 4.21. The number of hydrogen-bond donors (Lipinski definition) is 4. The molecule has 4 N–H and O–H groups in total.